The minimum atomic E-state index is -0.363. The van der Waals surface area contributed by atoms with Crippen LogP contribution >= 0.6 is 0 Å². The van der Waals surface area contributed by atoms with Gasteiger partial charge in [0.2, 0.25) is 5.91 Å². The van der Waals surface area contributed by atoms with Crippen molar-refractivity contribution in [1.82, 2.24) is 0 Å². The first-order chi connectivity index (χ1) is 37.9. The van der Waals surface area contributed by atoms with E-state index < -0.39 is 0 Å². The average molecular weight is 1080 g/mol. The summed E-state index contributed by atoms with van der Waals surface area (Å²) in [5, 5.41) is 61.5. The van der Waals surface area contributed by atoms with Gasteiger partial charge < -0.3 is 36.0 Å². The number of carbonyl (C=O) groups excluding carboxylic acids is 1. The van der Waals surface area contributed by atoms with E-state index in [0.29, 0.717) is 69.9 Å². The van der Waals surface area contributed by atoms with Crippen molar-refractivity contribution in [2.45, 2.75) is 165 Å². The molecule has 80 heavy (non-hydrogen) atoms. The Morgan fingerprint density at radius 3 is 1.55 bits per heavy atom. The predicted molar refractivity (Wildman–Crippen MR) is 330 cm³/mol. The second-order valence-corrected chi connectivity index (χ2v) is 24.9. The number of hydrogen-bond donors (Lipinski definition) is 7. The van der Waals surface area contributed by atoms with Crippen LogP contribution in [0.1, 0.15) is 188 Å². The molecule has 0 radical (unpaired) electrons. The molecule has 7 aromatic carbocycles. The van der Waals surface area contributed by atoms with Gasteiger partial charge in [0, 0.05) is 16.5 Å². The summed E-state index contributed by atoms with van der Waals surface area (Å²) in [5.41, 5.74) is 13.9. The number of nitrogens with one attached hydrogen (secondary N) is 1. The van der Waals surface area contributed by atoms with Gasteiger partial charge in [0.05, 0.1) is 0 Å². The smallest absolute Gasteiger partial charge is 0.230 e. The summed E-state index contributed by atoms with van der Waals surface area (Å²) >= 11 is 0. The minimum absolute atomic E-state index is 0.00399. The van der Waals surface area contributed by atoms with Gasteiger partial charge in [-0.3, -0.25) is 4.79 Å². The van der Waals surface area contributed by atoms with Crippen LogP contribution in [0.5, 0.6) is 34.5 Å². The van der Waals surface area contributed by atoms with E-state index in [0.717, 1.165) is 73.1 Å². The Balaban J connectivity index is 0.000000139. The summed E-state index contributed by atoms with van der Waals surface area (Å²) in [7, 11) is 0. The number of phenolic OH excluding ortho intramolecular Hbond substituents is 6. The highest BCUT2D eigenvalue weighted by Gasteiger charge is 2.30. The first kappa shape index (κ1) is 60.7. The molecule has 426 valence electrons. The molecule has 8 heteroatoms. The number of amides is 1. The van der Waals surface area contributed by atoms with E-state index in [9.17, 15) is 30.3 Å². The monoisotopic (exact) mass is 1080 g/mol. The summed E-state index contributed by atoms with van der Waals surface area (Å²) < 4.78 is 0. The molecule has 0 aromatic heterocycles. The number of aromatic hydroxyl groups is 6. The summed E-state index contributed by atoms with van der Waals surface area (Å²) in [5.74, 6) is 8.99. The Morgan fingerprint density at radius 1 is 0.450 bits per heavy atom. The van der Waals surface area contributed by atoms with Gasteiger partial charge in [-0.05, 0) is 238 Å². The maximum atomic E-state index is 11.8. The van der Waals surface area contributed by atoms with E-state index in [1.807, 2.05) is 63.2 Å². The summed E-state index contributed by atoms with van der Waals surface area (Å²) in [6.07, 6.45) is 7.58. The second kappa shape index (κ2) is 26.1. The second-order valence-electron chi connectivity index (χ2n) is 24.9. The van der Waals surface area contributed by atoms with Crippen molar-refractivity contribution in [1.29, 1.82) is 0 Å². The Bertz CT molecular complexity index is 3220. The molecular weight excluding hydrogens is 991 g/mol. The Labute approximate surface area is 478 Å². The molecule has 0 saturated heterocycles. The molecule has 10 unspecified atom stereocenters. The Kier molecular flexibility index (Phi) is 19.8. The van der Waals surface area contributed by atoms with E-state index in [2.05, 4.69) is 111 Å². The molecule has 10 atom stereocenters. The molecule has 5 aliphatic carbocycles. The molecule has 0 bridgehead atoms. The molecule has 7 N–H and O–H groups in total. The van der Waals surface area contributed by atoms with Crippen LogP contribution < -0.4 is 5.32 Å². The molecular formula is C72H91NO7. The summed E-state index contributed by atoms with van der Waals surface area (Å²) in [6.45, 7) is 28.5. The number of anilines is 1. The van der Waals surface area contributed by atoms with Gasteiger partial charge in [-0.15, -0.1) is 0 Å². The minimum Gasteiger partial charge on any atom is -0.508 e. The molecule has 8 nitrogen and oxygen atoms in total. The van der Waals surface area contributed by atoms with Gasteiger partial charge in [0.1, 0.15) is 34.5 Å². The lowest BCUT2D eigenvalue weighted by Gasteiger charge is -2.28. The number of carbonyl (C=O) groups is 1. The lowest BCUT2D eigenvalue weighted by Crippen LogP contribution is -2.29. The van der Waals surface area contributed by atoms with E-state index in [1.54, 1.807) is 48.5 Å². The van der Waals surface area contributed by atoms with Crippen LogP contribution in [0.4, 0.5) is 5.69 Å². The van der Waals surface area contributed by atoms with Gasteiger partial charge in [-0.25, -0.2) is 0 Å². The van der Waals surface area contributed by atoms with Crippen molar-refractivity contribution in [3.05, 3.63) is 183 Å². The molecule has 0 fully saturated rings. The van der Waals surface area contributed by atoms with Crippen molar-refractivity contribution < 1.29 is 35.4 Å². The summed E-state index contributed by atoms with van der Waals surface area (Å²) in [4.78, 5) is 11.8. The third kappa shape index (κ3) is 14.1. The molecule has 12 rings (SSSR count). The van der Waals surface area contributed by atoms with Gasteiger partial charge in [-0.1, -0.05) is 145 Å². The van der Waals surface area contributed by atoms with E-state index in [4.69, 9.17) is 5.11 Å². The van der Waals surface area contributed by atoms with Crippen LogP contribution in [0.15, 0.2) is 127 Å². The maximum Gasteiger partial charge on any atom is 0.230 e. The highest BCUT2D eigenvalue weighted by atomic mass is 16.3. The van der Waals surface area contributed by atoms with Crippen LogP contribution in [0, 0.1) is 35.0 Å². The van der Waals surface area contributed by atoms with Crippen LogP contribution in [-0.4, -0.2) is 36.5 Å². The quantitative estimate of drug-likeness (QED) is 0.0871. The third-order valence-electron chi connectivity index (χ3n) is 19.1. The Morgan fingerprint density at radius 2 is 0.925 bits per heavy atom. The first-order valence-corrected chi connectivity index (χ1v) is 29.5. The number of benzene rings is 7. The third-order valence-corrected chi connectivity index (χ3v) is 19.1. The van der Waals surface area contributed by atoms with E-state index >= 15 is 0 Å². The predicted octanol–water partition coefficient (Wildman–Crippen LogP) is 17.7. The van der Waals surface area contributed by atoms with Crippen molar-refractivity contribution in [2.75, 3.05) is 5.32 Å². The van der Waals surface area contributed by atoms with Crippen LogP contribution in [-0.2, 0) is 36.9 Å². The van der Waals surface area contributed by atoms with Gasteiger partial charge in [0.25, 0.3) is 0 Å². The lowest BCUT2D eigenvalue weighted by molar-refractivity contribution is -0.124. The lowest BCUT2D eigenvalue weighted by atomic mass is 9.77. The van der Waals surface area contributed by atoms with Crippen LogP contribution in [0.2, 0.25) is 0 Å². The zero-order chi connectivity index (χ0) is 58.3. The Hall–Kier alpha value is -6.93. The molecule has 1 amide bonds. The normalized spacial score (nSPS) is 23.4. The number of aryl methyl sites for hydroxylation is 1. The fourth-order valence-electron chi connectivity index (χ4n) is 12.1. The van der Waals surface area contributed by atoms with Crippen LogP contribution in [0.25, 0.3) is 10.8 Å². The number of phenols is 6. The molecule has 5 aliphatic rings. The zero-order valence-electron chi connectivity index (χ0n) is 49.9. The maximum absolute atomic E-state index is 11.8. The molecule has 0 heterocycles. The topological polar surface area (TPSA) is 150 Å². The van der Waals surface area contributed by atoms with Gasteiger partial charge in [0.15, 0.2) is 0 Å². The highest BCUT2D eigenvalue weighted by molar-refractivity contribution is 5.96. The first-order valence-electron chi connectivity index (χ1n) is 29.5. The highest BCUT2D eigenvalue weighted by Crippen LogP contribution is 2.48. The SMILES string of the molecule is CC1CCc2cc(O)ccc2C1C.CC1Cc2c(O)cccc2C1C.CC1Cc2cc(O)ccc2C1C.CC1Cc2ccc(O)cc2CC1C.CC1c2cccc3c(O)ccc(c23)C1C.CCC(C)(C)C(=O)Nc1ccc(O)cc1. The molecule has 0 aliphatic heterocycles. The number of hydrogen-bond acceptors (Lipinski definition) is 7. The average Bonchev–Trinajstić information content (AvgIpc) is 4.18. The van der Waals surface area contributed by atoms with E-state index in [1.165, 1.54) is 61.9 Å². The number of fused-ring (bicyclic) bond motifs is 4. The number of rotatable bonds is 3. The standard InChI is InChI=1S/C14H14O.C12H17NO2.2C12H16O.2C11H14O/c1-8-9(2)11-6-7-13(15)12-5-3-4-10(8)14(11)12;1-4-12(2,3)11(15)13-9-5-7-10(14)8-6-9;1-8-5-10-3-4-12(13)7-11(10)6-9(8)2;1-8-3-4-10-7-11(13)5-6-12(10)9(8)2;1-7-5-9-6-10(12)3-4-11(9)8(7)2;1-7-6-10-9(8(7)2)4-3-5-11(10)12/h3-9,15H,1-2H3;5-8,14H,4H2,1-3H3,(H,13,15);3-4,7-9,13H,5-6H2,1-2H3;5-9,13H,3-4H2,1-2H3;3-4,6-8,12H,5H2,1-2H3;3-5,7-8,12H,6H2,1-2H3. The van der Waals surface area contributed by atoms with Crippen molar-refractivity contribution in [2.24, 2.45) is 35.0 Å². The van der Waals surface area contributed by atoms with Crippen molar-refractivity contribution in [3.63, 3.8) is 0 Å². The van der Waals surface area contributed by atoms with Crippen molar-refractivity contribution >= 4 is 22.4 Å². The fraction of sp³-hybridized carbons (Fsp3) is 0.431. The van der Waals surface area contributed by atoms with Crippen molar-refractivity contribution in [3.8, 4) is 34.5 Å². The fourth-order valence-corrected chi connectivity index (χ4v) is 12.1. The van der Waals surface area contributed by atoms with Crippen LogP contribution in [0.3, 0.4) is 0 Å². The largest absolute Gasteiger partial charge is 0.508 e. The van der Waals surface area contributed by atoms with Gasteiger partial charge >= 0.3 is 0 Å². The zero-order valence-corrected chi connectivity index (χ0v) is 49.9. The van der Waals surface area contributed by atoms with Gasteiger partial charge in [-0.2, -0.15) is 0 Å². The van der Waals surface area contributed by atoms with E-state index in [-0.39, 0.29) is 17.1 Å². The molecule has 0 spiro atoms. The summed E-state index contributed by atoms with van der Waals surface area (Å²) in [6, 6.07) is 39.7. The molecule has 7 aromatic rings. The molecule has 0 saturated carbocycles.